The number of thiazole rings is 1. The van der Waals surface area contributed by atoms with Crippen molar-refractivity contribution in [2.24, 2.45) is 0 Å². The summed E-state index contributed by atoms with van der Waals surface area (Å²) >= 11 is 1.59. The Morgan fingerprint density at radius 2 is 2.20 bits per heavy atom. The fourth-order valence-corrected chi connectivity index (χ4v) is 3.36. The molecule has 2 heterocycles. The molecule has 0 spiro atoms. The molecule has 20 heavy (non-hydrogen) atoms. The van der Waals surface area contributed by atoms with Gasteiger partial charge >= 0.3 is 6.03 Å². The number of rotatable bonds is 3. The van der Waals surface area contributed by atoms with E-state index in [-0.39, 0.29) is 23.3 Å². The van der Waals surface area contributed by atoms with E-state index in [4.69, 9.17) is 4.74 Å². The summed E-state index contributed by atoms with van der Waals surface area (Å²) in [5, 5.41) is 6.77. The Morgan fingerprint density at radius 3 is 2.70 bits per heavy atom. The van der Waals surface area contributed by atoms with Crippen LogP contribution in [0.2, 0.25) is 0 Å². The molecule has 2 amide bonds. The van der Waals surface area contributed by atoms with Gasteiger partial charge in [-0.05, 0) is 41.0 Å². The monoisotopic (exact) mass is 297 g/mol. The van der Waals surface area contributed by atoms with Crippen LogP contribution >= 0.6 is 11.3 Å². The van der Waals surface area contributed by atoms with Crippen molar-refractivity contribution in [2.75, 3.05) is 0 Å². The lowest BCUT2D eigenvalue weighted by atomic mass is 9.95. The summed E-state index contributed by atoms with van der Waals surface area (Å²) in [6.45, 7) is 10.6. The van der Waals surface area contributed by atoms with Crippen LogP contribution in [0.5, 0.6) is 0 Å². The smallest absolute Gasteiger partial charge is 0.315 e. The van der Waals surface area contributed by atoms with Crippen molar-refractivity contribution in [3.8, 4) is 0 Å². The van der Waals surface area contributed by atoms with Crippen LogP contribution in [0.4, 0.5) is 4.79 Å². The molecule has 2 rings (SSSR count). The van der Waals surface area contributed by atoms with Crippen molar-refractivity contribution in [1.29, 1.82) is 0 Å². The molecule has 0 aliphatic carbocycles. The maximum absolute atomic E-state index is 12.0. The van der Waals surface area contributed by atoms with Gasteiger partial charge in [-0.15, -0.1) is 11.3 Å². The van der Waals surface area contributed by atoms with E-state index in [0.717, 1.165) is 16.3 Å². The van der Waals surface area contributed by atoms with E-state index in [1.54, 1.807) is 11.3 Å². The van der Waals surface area contributed by atoms with Gasteiger partial charge in [0.1, 0.15) is 5.01 Å². The zero-order valence-electron chi connectivity index (χ0n) is 12.7. The Labute approximate surface area is 124 Å². The largest absolute Gasteiger partial charge is 0.367 e. The number of urea groups is 1. The van der Waals surface area contributed by atoms with Gasteiger partial charge in [-0.1, -0.05) is 0 Å². The van der Waals surface area contributed by atoms with Crippen LogP contribution in [0.1, 0.15) is 44.0 Å². The summed E-state index contributed by atoms with van der Waals surface area (Å²) in [7, 11) is 0. The van der Waals surface area contributed by atoms with Gasteiger partial charge in [0.15, 0.2) is 0 Å². The predicted octanol–water partition coefficient (Wildman–Crippen LogP) is 2.60. The third-order valence-electron chi connectivity index (χ3n) is 3.45. The highest BCUT2D eigenvalue weighted by Gasteiger charge is 2.46. The number of aryl methyl sites for hydroxylation is 1. The van der Waals surface area contributed by atoms with Gasteiger partial charge in [-0.25, -0.2) is 9.78 Å². The molecule has 5 nitrogen and oxygen atoms in total. The van der Waals surface area contributed by atoms with Gasteiger partial charge in [0.05, 0.1) is 23.8 Å². The first-order chi connectivity index (χ1) is 9.18. The molecule has 6 heteroatoms. The van der Waals surface area contributed by atoms with Gasteiger partial charge in [0, 0.05) is 11.1 Å². The molecule has 0 aromatic carbocycles. The van der Waals surface area contributed by atoms with Crippen molar-refractivity contribution < 1.29 is 9.53 Å². The Kier molecular flexibility index (Phi) is 4.07. The number of carbonyl (C=O) groups excluding carboxylic acids is 1. The third kappa shape index (κ3) is 3.70. The van der Waals surface area contributed by atoms with E-state index in [0.29, 0.717) is 6.54 Å². The molecule has 1 aromatic heterocycles. The first kappa shape index (κ1) is 15.3. The molecule has 1 fully saturated rings. The Morgan fingerprint density at radius 1 is 1.50 bits per heavy atom. The summed E-state index contributed by atoms with van der Waals surface area (Å²) in [6.07, 6.45) is 2.62. The van der Waals surface area contributed by atoms with Crippen LogP contribution in [-0.4, -0.2) is 28.3 Å². The van der Waals surface area contributed by atoms with Crippen LogP contribution in [0.3, 0.4) is 0 Å². The van der Waals surface area contributed by atoms with Gasteiger partial charge in [0.2, 0.25) is 0 Å². The van der Waals surface area contributed by atoms with E-state index < -0.39 is 0 Å². The molecule has 0 unspecified atom stereocenters. The van der Waals surface area contributed by atoms with E-state index in [1.165, 1.54) is 0 Å². The zero-order valence-corrected chi connectivity index (χ0v) is 13.6. The van der Waals surface area contributed by atoms with Crippen LogP contribution in [0.25, 0.3) is 0 Å². The number of nitrogens with zero attached hydrogens (tertiary/aromatic N) is 1. The maximum Gasteiger partial charge on any atom is 0.315 e. The standard InChI is InChI=1S/C14H23N3O2S/c1-9-7-15-11(20-9)8-16-12(18)17-10-6-13(2,3)19-14(10,4)5/h7,10H,6,8H2,1-5H3,(H2,16,17,18)/t10-/m1/s1. The van der Waals surface area contributed by atoms with Crippen LogP contribution < -0.4 is 10.6 Å². The van der Waals surface area contributed by atoms with Crippen molar-refractivity contribution in [3.63, 3.8) is 0 Å². The quantitative estimate of drug-likeness (QED) is 0.901. The molecular weight excluding hydrogens is 274 g/mol. The van der Waals surface area contributed by atoms with Crippen molar-refractivity contribution in [3.05, 3.63) is 16.1 Å². The molecule has 0 bridgehead atoms. The highest BCUT2D eigenvalue weighted by molar-refractivity contribution is 7.11. The van der Waals surface area contributed by atoms with E-state index in [2.05, 4.69) is 15.6 Å². The second-order valence-electron chi connectivity index (χ2n) is 6.41. The first-order valence-electron chi connectivity index (χ1n) is 6.84. The van der Waals surface area contributed by atoms with Crippen molar-refractivity contribution in [2.45, 2.75) is 64.8 Å². The lowest BCUT2D eigenvalue weighted by Crippen LogP contribution is -2.49. The number of ether oxygens (including phenoxy) is 1. The van der Waals surface area contributed by atoms with E-state index in [9.17, 15) is 4.79 Å². The minimum absolute atomic E-state index is 0.00975. The Balaban J connectivity index is 1.85. The molecule has 1 aromatic rings. The topological polar surface area (TPSA) is 63.2 Å². The highest BCUT2D eigenvalue weighted by atomic mass is 32.1. The van der Waals surface area contributed by atoms with Crippen molar-refractivity contribution >= 4 is 17.4 Å². The summed E-state index contributed by atoms with van der Waals surface area (Å²) in [5.41, 5.74) is -0.549. The first-order valence-corrected chi connectivity index (χ1v) is 7.65. The summed E-state index contributed by atoms with van der Waals surface area (Å²) in [6, 6.07) is -0.159. The molecule has 1 saturated heterocycles. The normalized spacial score (nSPS) is 23.6. The number of amides is 2. The molecule has 1 atom stereocenters. The number of nitrogens with one attached hydrogen (secondary N) is 2. The van der Waals surface area contributed by atoms with Gasteiger partial charge < -0.3 is 15.4 Å². The second-order valence-corrected chi connectivity index (χ2v) is 7.73. The summed E-state index contributed by atoms with van der Waals surface area (Å²) in [5.74, 6) is 0. The SMILES string of the molecule is Cc1cnc(CNC(=O)N[C@@H]2CC(C)(C)OC2(C)C)s1. The molecule has 1 aliphatic rings. The van der Waals surface area contributed by atoms with E-state index in [1.807, 2.05) is 40.8 Å². The Bertz CT molecular complexity index is 496. The number of hydrogen-bond acceptors (Lipinski definition) is 4. The summed E-state index contributed by atoms with van der Waals surface area (Å²) < 4.78 is 5.96. The molecule has 1 aliphatic heterocycles. The number of carbonyl (C=O) groups is 1. The van der Waals surface area contributed by atoms with Gasteiger partial charge in [0.25, 0.3) is 0 Å². The zero-order chi connectivity index (χ0) is 15.0. The summed E-state index contributed by atoms with van der Waals surface area (Å²) in [4.78, 5) is 17.3. The lowest BCUT2D eigenvalue weighted by Gasteiger charge is -2.27. The van der Waals surface area contributed by atoms with Crippen LogP contribution in [0.15, 0.2) is 6.20 Å². The minimum atomic E-state index is -0.349. The third-order valence-corrected chi connectivity index (χ3v) is 4.36. The van der Waals surface area contributed by atoms with Gasteiger partial charge in [-0.3, -0.25) is 0 Å². The fourth-order valence-electron chi connectivity index (χ4n) is 2.64. The highest BCUT2D eigenvalue weighted by Crippen LogP contribution is 2.37. The molecule has 0 saturated carbocycles. The second kappa shape index (κ2) is 5.33. The average Bonchev–Trinajstić information content (AvgIpc) is 2.77. The number of hydrogen-bond donors (Lipinski definition) is 2. The number of aromatic nitrogens is 1. The molecule has 2 N–H and O–H groups in total. The minimum Gasteiger partial charge on any atom is -0.367 e. The van der Waals surface area contributed by atoms with E-state index >= 15 is 0 Å². The van der Waals surface area contributed by atoms with Crippen molar-refractivity contribution in [1.82, 2.24) is 15.6 Å². The fraction of sp³-hybridized carbons (Fsp3) is 0.714. The Hall–Kier alpha value is -1.14. The van der Waals surface area contributed by atoms with Crippen LogP contribution in [0, 0.1) is 6.92 Å². The van der Waals surface area contributed by atoms with Gasteiger partial charge in [-0.2, -0.15) is 0 Å². The lowest BCUT2D eigenvalue weighted by molar-refractivity contribution is -0.0690. The predicted molar refractivity (Wildman–Crippen MR) is 79.9 cm³/mol. The maximum atomic E-state index is 12.0. The average molecular weight is 297 g/mol. The molecule has 0 radical (unpaired) electrons. The van der Waals surface area contributed by atoms with Crippen LogP contribution in [-0.2, 0) is 11.3 Å². The molecule has 112 valence electrons. The molecular formula is C14H23N3O2S.